The van der Waals surface area contributed by atoms with Crippen LogP contribution in [0.4, 0.5) is 5.82 Å². The minimum Gasteiger partial charge on any atom is -0.493 e. The first-order valence-electron chi connectivity index (χ1n) is 12.1. The third-order valence-electron chi connectivity index (χ3n) is 6.26. The molecule has 2 N–H and O–H groups in total. The number of rotatable bonds is 9. The van der Waals surface area contributed by atoms with E-state index in [-0.39, 0.29) is 27.9 Å². The summed E-state index contributed by atoms with van der Waals surface area (Å²) in [7, 11) is 1.27. The van der Waals surface area contributed by atoms with Crippen molar-refractivity contribution in [3.8, 4) is 5.75 Å². The fourth-order valence-electron chi connectivity index (χ4n) is 4.16. The molecule has 1 aliphatic rings. The van der Waals surface area contributed by atoms with Crippen LogP contribution in [-0.2, 0) is 22.4 Å². The molecule has 194 valence electrons. The van der Waals surface area contributed by atoms with Crippen molar-refractivity contribution in [3.05, 3.63) is 87.0 Å². The van der Waals surface area contributed by atoms with Crippen LogP contribution in [0.25, 0.3) is 0 Å². The van der Waals surface area contributed by atoms with Gasteiger partial charge in [-0.2, -0.15) is 0 Å². The second-order valence-electron chi connectivity index (χ2n) is 8.98. The average molecular weight is 542 g/mol. The number of esters is 1. The summed E-state index contributed by atoms with van der Waals surface area (Å²) in [6.07, 6.45) is 2.41. The number of nitrogens with zero attached hydrogens (tertiary/aromatic N) is 1. The van der Waals surface area contributed by atoms with E-state index in [1.54, 1.807) is 18.2 Å². The summed E-state index contributed by atoms with van der Waals surface area (Å²) in [6, 6.07) is 15.4. The number of nitrogens with one attached hydrogen (secondary N) is 2. The van der Waals surface area contributed by atoms with Crippen molar-refractivity contribution in [1.29, 1.82) is 0 Å². The van der Waals surface area contributed by atoms with Gasteiger partial charge in [0, 0.05) is 24.6 Å². The lowest BCUT2D eigenvalue weighted by atomic mass is 10.0. The summed E-state index contributed by atoms with van der Waals surface area (Å²) in [4.78, 5) is 29.9. The van der Waals surface area contributed by atoms with Crippen LogP contribution >= 0.6 is 23.2 Å². The highest BCUT2D eigenvalue weighted by Gasteiger charge is 2.25. The maximum Gasteiger partial charge on any atom is 0.328 e. The molecular weight excluding hydrogens is 513 g/mol. The Labute approximate surface area is 226 Å². The Hall–Kier alpha value is -3.29. The van der Waals surface area contributed by atoms with E-state index in [1.165, 1.54) is 12.7 Å². The number of aryl methyl sites for hydroxylation is 1. The molecule has 0 saturated carbocycles. The van der Waals surface area contributed by atoms with E-state index < -0.39 is 17.9 Å². The lowest BCUT2D eigenvalue weighted by Gasteiger charge is -2.20. The van der Waals surface area contributed by atoms with E-state index in [0.717, 1.165) is 36.5 Å². The summed E-state index contributed by atoms with van der Waals surface area (Å²) in [5.41, 5.74) is 3.18. The molecule has 2 aromatic carbocycles. The molecule has 1 aliphatic heterocycles. The summed E-state index contributed by atoms with van der Waals surface area (Å²) in [5.74, 6) is 0.671. The number of carbonyl (C=O) groups excluding carboxylic acids is 2. The SMILES string of the molecule is COC(=O)C(Cc1ccc(OCC(C)c2ccc3c(n2)NCCC3)cc1)NC(=O)c1c(Cl)cccc1Cl. The molecule has 0 bridgehead atoms. The smallest absolute Gasteiger partial charge is 0.328 e. The van der Waals surface area contributed by atoms with Crippen LogP contribution in [0.2, 0.25) is 10.0 Å². The van der Waals surface area contributed by atoms with Crippen molar-refractivity contribution in [2.45, 2.75) is 38.1 Å². The van der Waals surface area contributed by atoms with E-state index >= 15 is 0 Å². The molecule has 7 nitrogen and oxygen atoms in total. The number of halogens is 2. The van der Waals surface area contributed by atoms with Gasteiger partial charge < -0.3 is 20.1 Å². The highest BCUT2D eigenvalue weighted by molar-refractivity contribution is 6.39. The molecule has 9 heteroatoms. The first-order chi connectivity index (χ1) is 17.9. The van der Waals surface area contributed by atoms with Crippen molar-refractivity contribution in [2.24, 2.45) is 0 Å². The van der Waals surface area contributed by atoms with Crippen LogP contribution < -0.4 is 15.4 Å². The molecule has 0 spiro atoms. The second-order valence-corrected chi connectivity index (χ2v) is 9.79. The molecule has 0 aliphatic carbocycles. The van der Waals surface area contributed by atoms with Crippen molar-refractivity contribution in [1.82, 2.24) is 10.3 Å². The van der Waals surface area contributed by atoms with E-state index in [0.29, 0.717) is 12.4 Å². The quantitative estimate of drug-likeness (QED) is 0.350. The summed E-state index contributed by atoms with van der Waals surface area (Å²) in [5, 5.41) is 6.45. The second kappa shape index (κ2) is 12.3. The number of hydrogen-bond acceptors (Lipinski definition) is 6. The number of anilines is 1. The molecule has 37 heavy (non-hydrogen) atoms. The molecule has 0 fully saturated rings. The van der Waals surface area contributed by atoms with E-state index in [2.05, 4.69) is 29.7 Å². The van der Waals surface area contributed by atoms with E-state index in [9.17, 15) is 9.59 Å². The minimum atomic E-state index is -0.916. The lowest BCUT2D eigenvalue weighted by Crippen LogP contribution is -2.43. The number of fused-ring (bicyclic) bond motifs is 1. The van der Waals surface area contributed by atoms with Crippen LogP contribution in [0.1, 0.15) is 46.4 Å². The van der Waals surface area contributed by atoms with Crippen LogP contribution in [0, 0.1) is 0 Å². The van der Waals surface area contributed by atoms with Crippen molar-refractivity contribution < 1.29 is 19.1 Å². The van der Waals surface area contributed by atoms with Gasteiger partial charge in [0.05, 0.1) is 29.3 Å². The van der Waals surface area contributed by atoms with Crippen molar-refractivity contribution in [3.63, 3.8) is 0 Å². The van der Waals surface area contributed by atoms with Crippen molar-refractivity contribution >= 4 is 40.9 Å². The molecule has 3 aromatic rings. The first-order valence-corrected chi connectivity index (χ1v) is 12.9. The van der Waals surface area contributed by atoms with E-state index in [4.69, 9.17) is 37.7 Å². The number of ether oxygens (including phenoxy) is 2. The van der Waals surface area contributed by atoms with Gasteiger partial charge in [-0.1, -0.05) is 54.4 Å². The van der Waals surface area contributed by atoms with Crippen LogP contribution in [-0.4, -0.2) is 43.2 Å². The van der Waals surface area contributed by atoms with Gasteiger partial charge in [0.15, 0.2) is 0 Å². The molecule has 2 heterocycles. The first kappa shape index (κ1) is 26.8. The monoisotopic (exact) mass is 541 g/mol. The predicted octanol–water partition coefficient (Wildman–Crippen LogP) is 5.44. The zero-order valence-electron chi connectivity index (χ0n) is 20.7. The lowest BCUT2D eigenvalue weighted by molar-refractivity contribution is -0.142. The van der Waals surface area contributed by atoms with Gasteiger partial charge in [-0.15, -0.1) is 0 Å². The van der Waals surface area contributed by atoms with Gasteiger partial charge in [0.2, 0.25) is 0 Å². The van der Waals surface area contributed by atoms with Gasteiger partial charge in [-0.05, 0) is 54.3 Å². The maximum atomic E-state index is 12.8. The number of amides is 1. The summed E-state index contributed by atoms with van der Waals surface area (Å²) in [6.45, 7) is 3.51. The zero-order chi connectivity index (χ0) is 26.4. The summed E-state index contributed by atoms with van der Waals surface area (Å²) >= 11 is 12.3. The Morgan fingerprint density at radius 1 is 1.08 bits per heavy atom. The topological polar surface area (TPSA) is 89.6 Å². The van der Waals surface area contributed by atoms with Crippen LogP contribution in [0.3, 0.4) is 0 Å². The standard InChI is InChI=1S/C28H29Cl2N3O4/c1-17(23-13-10-19-5-4-14-31-26(19)32-23)16-37-20-11-8-18(9-12-20)15-24(28(35)36-2)33-27(34)25-21(29)6-3-7-22(25)30/h3,6-13,17,24H,4-5,14-16H2,1-2H3,(H,31,32)(H,33,34). The highest BCUT2D eigenvalue weighted by Crippen LogP contribution is 2.25. The third kappa shape index (κ3) is 6.73. The predicted molar refractivity (Wildman–Crippen MR) is 145 cm³/mol. The molecular formula is C28H29Cl2N3O4. The normalized spacial score (nSPS) is 14.1. The zero-order valence-corrected chi connectivity index (χ0v) is 22.2. The van der Waals surface area contributed by atoms with Crippen LogP contribution in [0.15, 0.2) is 54.6 Å². The van der Waals surface area contributed by atoms with Gasteiger partial charge in [0.1, 0.15) is 17.6 Å². The Morgan fingerprint density at radius 3 is 2.51 bits per heavy atom. The highest BCUT2D eigenvalue weighted by atomic mass is 35.5. The van der Waals surface area contributed by atoms with Gasteiger partial charge in [-0.25, -0.2) is 9.78 Å². The fourth-order valence-corrected chi connectivity index (χ4v) is 4.73. The Kier molecular flexibility index (Phi) is 8.90. The number of carbonyl (C=O) groups is 2. The van der Waals surface area contributed by atoms with Gasteiger partial charge in [-0.3, -0.25) is 4.79 Å². The molecule has 1 amide bonds. The Balaban J connectivity index is 1.36. The van der Waals surface area contributed by atoms with Gasteiger partial charge >= 0.3 is 5.97 Å². The average Bonchev–Trinajstić information content (AvgIpc) is 2.91. The largest absolute Gasteiger partial charge is 0.493 e. The third-order valence-corrected chi connectivity index (χ3v) is 6.89. The molecule has 2 atom stereocenters. The number of hydrogen-bond donors (Lipinski definition) is 2. The fraction of sp³-hybridized carbons (Fsp3) is 0.321. The molecule has 0 radical (unpaired) electrons. The number of benzene rings is 2. The Morgan fingerprint density at radius 2 is 1.81 bits per heavy atom. The summed E-state index contributed by atoms with van der Waals surface area (Å²) < 4.78 is 10.9. The maximum absolute atomic E-state index is 12.8. The number of pyridine rings is 1. The molecule has 4 rings (SSSR count). The Bertz CT molecular complexity index is 1250. The molecule has 0 saturated heterocycles. The number of aromatic nitrogens is 1. The minimum absolute atomic E-state index is 0.113. The molecule has 1 aromatic heterocycles. The molecule has 2 unspecified atom stereocenters. The van der Waals surface area contributed by atoms with E-state index in [1.807, 2.05) is 24.3 Å². The van der Waals surface area contributed by atoms with Crippen LogP contribution in [0.5, 0.6) is 5.75 Å². The van der Waals surface area contributed by atoms with Crippen molar-refractivity contribution in [2.75, 3.05) is 25.6 Å². The van der Waals surface area contributed by atoms with Gasteiger partial charge in [0.25, 0.3) is 5.91 Å². The number of methoxy groups -OCH3 is 1.